The molecule has 0 bridgehead atoms. The number of aromatic amines is 1. The third-order valence-electron chi connectivity index (χ3n) is 6.82. The van der Waals surface area contributed by atoms with Crippen molar-refractivity contribution in [1.29, 1.82) is 0 Å². The van der Waals surface area contributed by atoms with E-state index in [2.05, 4.69) is 26.0 Å². The molecule has 0 spiro atoms. The quantitative estimate of drug-likeness (QED) is 0.110. The van der Waals surface area contributed by atoms with Crippen LogP contribution in [0.25, 0.3) is 32.6 Å². The van der Waals surface area contributed by atoms with E-state index in [0.717, 1.165) is 40.7 Å². The molecule has 0 atom stereocenters. The summed E-state index contributed by atoms with van der Waals surface area (Å²) in [6.07, 6.45) is 22.3. The zero-order chi connectivity index (χ0) is 31.4. The van der Waals surface area contributed by atoms with Crippen molar-refractivity contribution >= 4 is 76.6 Å². The Labute approximate surface area is 293 Å². The van der Waals surface area contributed by atoms with Gasteiger partial charge in [-0.2, -0.15) is 0 Å². The molecule has 0 aliphatic heterocycles. The van der Waals surface area contributed by atoms with Crippen LogP contribution >= 0.6 is 60.8 Å². The molecule has 12 heteroatoms. The fourth-order valence-corrected chi connectivity index (χ4v) is 6.44. The number of hydrogen-bond acceptors (Lipinski definition) is 6. The number of ketones is 1. The maximum absolute atomic E-state index is 10.4. The molecule has 236 valence electrons. The smallest absolute Gasteiger partial charge is 0.0731 e. The van der Waals surface area contributed by atoms with Gasteiger partial charge in [-0.1, -0.05) is 31.8 Å². The summed E-state index contributed by atoms with van der Waals surface area (Å²) in [6.45, 7) is 0. The number of rotatable bonds is 2. The van der Waals surface area contributed by atoms with Gasteiger partial charge in [0.1, 0.15) is 6.42 Å². The number of hydrogen-bond donors (Lipinski definition) is 1. The second-order valence-corrected chi connectivity index (χ2v) is 27.0. The zero-order valence-corrected chi connectivity index (χ0v) is 30.0. The van der Waals surface area contributed by atoms with Crippen LogP contribution < -0.4 is 0 Å². The predicted molar refractivity (Wildman–Crippen MR) is 192 cm³/mol. The molecule has 5 heterocycles. The van der Waals surface area contributed by atoms with E-state index in [-0.39, 0.29) is 7.43 Å². The van der Waals surface area contributed by atoms with E-state index in [1.54, 1.807) is 17.5 Å². The third-order valence-corrected chi connectivity index (χ3v) is 8.52. The van der Waals surface area contributed by atoms with E-state index in [9.17, 15) is 4.79 Å². The number of fused-ring (bicyclic) bond motifs is 3. The molecule has 1 saturated carbocycles. The second-order valence-electron chi connectivity index (χ2n) is 9.97. The molecule has 1 N–H and O–H groups in total. The minimum absolute atomic E-state index is 0. The first-order valence-electron chi connectivity index (χ1n) is 14.2. The first-order valence-corrected chi connectivity index (χ1v) is 24.0. The average molecular weight is 757 g/mol. The van der Waals surface area contributed by atoms with Gasteiger partial charge in [0.15, 0.2) is 0 Å². The van der Waals surface area contributed by atoms with Gasteiger partial charge in [-0.3, -0.25) is 15.0 Å². The van der Waals surface area contributed by atoms with E-state index >= 15 is 0 Å². The van der Waals surface area contributed by atoms with E-state index in [1.165, 1.54) is 53.3 Å². The van der Waals surface area contributed by atoms with Crippen LogP contribution in [-0.2, 0) is 30.0 Å². The Morgan fingerprint density at radius 1 is 0.844 bits per heavy atom. The molecule has 0 saturated heterocycles. The van der Waals surface area contributed by atoms with Crippen LogP contribution in [0.3, 0.4) is 0 Å². The van der Waals surface area contributed by atoms with Gasteiger partial charge in [0.2, 0.25) is 0 Å². The van der Waals surface area contributed by atoms with Crippen molar-refractivity contribution in [2.24, 2.45) is 0 Å². The SMILES string of the molecule is C.O=C1[CH+]CCCC1.S=c1cc[nH]cc1-c1ccccn1.[Cl][Ti]([Cl])([Cl])[Cl].c1ccc(-c2cncc3c4c(sc23)CCCC4)nc1. The van der Waals surface area contributed by atoms with Crippen LogP contribution in [0, 0.1) is 10.9 Å². The minimum atomic E-state index is -3.11. The molecule has 2 aliphatic carbocycles. The van der Waals surface area contributed by atoms with Gasteiger partial charge in [0, 0.05) is 67.8 Å². The Morgan fingerprint density at radius 3 is 2.04 bits per heavy atom. The summed E-state index contributed by atoms with van der Waals surface area (Å²) in [7, 11) is 20.1. The Morgan fingerprint density at radius 2 is 1.49 bits per heavy atom. The van der Waals surface area contributed by atoms with Crippen molar-refractivity contribution in [2.75, 3.05) is 0 Å². The molecule has 5 aromatic rings. The Bertz CT molecular complexity index is 1680. The van der Waals surface area contributed by atoms with E-state index in [0.29, 0.717) is 5.78 Å². The summed E-state index contributed by atoms with van der Waals surface area (Å²) in [5.41, 5.74) is 5.62. The van der Waals surface area contributed by atoms with Crippen LogP contribution in [-0.4, -0.2) is 25.7 Å². The number of nitrogens with one attached hydrogen (secondary N) is 1. The Kier molecular flexibility index (Phi) is 16.0. The fraction of sp³-hybridized carbons (Fsp3) is 0.273. The number of H-pyrrole nitrogens is 1. The van der Waals surface area contributed by atoms with Gasteiger partial charge < -0.3 is 4.98 Å². The summed E-state index contributed by atoms with van der Waals surface area (Å²) in [4.78, 5) is 28.1. The number of aromatic nitrogens is 4. The number of halogens is 4. The molecule has 1 fully saturated rings. The molecule has 0 amide bonds. The topological polar surface area (TPSA) is 71.5 Å². The van der Waals surface area contributed by atoms with Crippen LogP contribution in [0.2, 0.25) is 0 Å². The molecule has 0 unspecified atom stereocenters. The van der Waals surface area contributed by atoms with E-state index in [1.807, 2.05) is 78.7 Å². The standard InChI is InChI=1S/C16H14N2S.C10H8N2S.C6H9O.CH4.4ClH.Ti/c1-2-7-15-11(5-1)12-9-17-10-13(16(12)19-15)14-6-3-4-8-18-14;13-10-4-6-11-7-8(10)9-3-1-2-5-12-9;7-6-4-2-1-3-5-6;;;;;;/h3-4,6,8-10H,1-2,5,7H2;1-7H,(H,11,13);4H,1-3,5H2;1H4;4*1H;/q;;+1;;;;;;+4/p-4. The van der Waals surface area contributed by atoms with Gasteiger partial charge in [0.25, 0.3) is 0 Å². The molecule has 5 aromatic heterocycles. The summed E-state index contributed by atoms with van der Waals surface area (Å²) >= 11 is 4.00. The van der Waals surface area contributed by atoms with Crippen molar-refractivity contribution in [2.45, 2.75) is 58.8 Å². The molecule has 7 rings (SSSR count). The molecule has 0 aromatic carbocycles. The summed E-state index contributed by atoms with van der Waals surface area (Å²) in [5.74, 6) is 0.339. The summed E-state index contributed by atoms with van der Waals surface area (Å²) in [6, 6.07) is 13.7. The van der Waals surface area contributed by atoms with E-state index < -0.39 is 12.3 Å². The maximum Gasteiger partial charge on any atom is 0.0731 e. The Hall–Kier alpha value is -1.81. The molecule has 45 heavy (non-hydrogen) atoms. The number of carbonyl (C=O) groups is 1. The fourth-order valence-electron chi connectivity index (χ4n) is 4.82. The molecular weight excluding hydrogens is 722 g/mol. The van der Waals surface area contributed by atoms with Crippen molar-refractivity contribution in [3.05, 3.63) is 101 Å². The molecule has 2 aliphatic rings. The van der Waals surface area contributed by atoms with Crippen molar-refractivity contribution in [3.63, 3.8) is 0 Å². The predicted octanol–water partition coefficient (Wildman–Crippen LogP) is 11.8. The van der Waals surface area contributed by atoms with Gasteiger partial charge in [-0.05, 0) is 74.4 Å². The number of thiophene rings is 1. The number of carbonyl (C=O) groups excluding carboxylic acids is 1. The molecule has 0 radical (unpaired) electrons. The number of aryl methyl sites for hydroxylation is 2. The average Bonchev–Trinajstić information content (AvgIpc) is 3.41. The first-order chi connectivity index (χ1) is 21.2. The molecular formula is C33H35Cl4N4OS2Ti+. The maximum atomic E-state index is 10.4. The normalized spacial score (nSPS) is 13.6. The largest absolute Gasteiger partial charge is 0.263 e. The third kappa shape index (κ3) is 12.4. The van der Waals surface area contributed by atoms with Crippen LogP contribution in [0.5, 0.6) is 0 Å². The van der Waals surface area contributed by atoms with Crippen LogP contribution in [0.4, 0.5) is 0 Å². The zero-order valence-electron chi connectivity index (χ0n) is 23.8. The molecule has 5 nitrogen and oxygen atoms in total. The first kappa shape index (κ1) is 37.7. The van der Waals surface area contributed by atoms with Crippen LogP contribution in [0.15, 0.2) is 79.6 Å². The Balaban J connectivity index is 0.000000184. The van der Waals surface area contributed by atoms with Crippen molar-refractivity contribution in [3.8, 4) is 22.5 Å². The van der Waals surface area contributed by atoms with E-state index in [4.69, 9.17) is 49.4 Å². The summed E-state index contributed by atoms with van der Waals surface area (Å²) in [5, 5.41) is 1.35. The summed E-state index contributed by atoms with van der Waals surface area (Å²) < 4.78 is 2.18. The number of Topliss-reactive ketones (excluding diaryl/α,β-unsaturated/α-hetero) is 1. The van der Waals surface area contributed by atoms with Gasteiger partial charge in [0.05, 0.1) is 24.2 Å². The number of nitrogens with zero attached hydrogens (tertiary/aromatic N) is 3. The minimum Gasteiger partial charge on any atom is -0.263 e. The van der Waals surface area contributed by atoms with Crippen LogP contribution in [0.1, 0.15) is 56.4 Å². The van der Waals surface area contributed by atoms with Gasteiger partial charge in [-0.15, -0.1) is 11.3 Å². The monoisotopic (exact) mass is 755 g/mol. The van der Waals surface area contributed by atoms with Gasteiger partial charge >= 0.3 is 55.3 Å². The second kappa shape index (κ2) is 19.1. The van der Waals surface area contributed by atoms with Crippen molar-refractivity contribution in [1.82, 2.24) is 19.9 Å². The van der Waals surface area contributed by atoms with Crippen molar-refractivity contribution < 1.29 is 17.1 Å². The number of pyridine rings is 4. The van der Waals surface area contributed by atoms with Gasteiger partial charge in [-0.25, -0.2) is 4.79 Å².